The van der Waals surface area contributed by atoms with Crippen molar-refractivity contribution in [3.05, 3.63) is 40.2 Å². The predicted octanol–water partition coefficient (Wildman–Crippen LogP) is 3.13. The third kappa shape index (κ3) is 2.97. The molecule has 2 rings (SSSR count). The smallest absolute Gasteiger partial charge is 0.128 e. The first-order chi connectivity index (χ1) is 8.16. The zero-order chi connectivity index (χ0) is 12.3. The second-order valence-electron chi connectivity index (χ2n) is 4.18. The molecule has 0 saturated carbocycles. The molecule has 0 aromatic carbocycles. The second-order valence-corrected chi connectivity index (χ2v) is 5.18. The number of nitrogens with zero attached hydrogens (tertiary/aromatic N) is 2. The van der Waals surface area contributed by atoms with Crippen LogP contribution >= 0.6 is 11.3 Å². The van der Waals surface area contributed by atoms with Gasteiger partial charge in [-0.1, -0.05) is 0 Å². The average molecular weight is 247 g/mol. The lowest BCUT2D eigenvalue weighted by atomic mass is 10.3. The minimum Gasteiger partial charge on any atom is -0.379 e. The van der Waals surface area contributed by atoms with Crippen molar-refractivity contribution in [3.8, 4) is 0 Å². The Bertz CT molecular complexity index is 474. The van der Waals surface area contributed by atoms with Gasteiger partial charge < -0.3 is 10.2 Å². The zero-order valence-electron chi connectivity index (χ0n) is 10.4. The summed E-state index contributed by atoms with van der Waals surface area (Å²) in [5, 5.41) is 5.51. The summed E-state index contributed by atoms with van der Waals surface area (Å²) in [6, 6.07) is 6.23. The van der Waals surface area contributed by atoms with Crippen molar-refractivity contribution in [2.24, 2.45) is 0 Å². The summed E-state index contributed by atoms with van der Waals surface area (Å²) in [4.78, 5) is 7.74. The molecule has 0 spiro atoms. The van der Waals surface area contributed by atoms with Crippen LogP contribution in [0.4, 0.5) is 11.5 Å². The number of rotatable bonds is 4. The van der Waals surface area contributed by atoms with Crippen molar-refractivity contribution in [1.82, 2.24) is 4.98 Å². The normalized spacial score (nSPS) is 10.3. The predicted molar refractivity (Wildman–Crippen MR) is 74.9 cm³/mol. The summed E-state index contributed by atoms with van der Waals surface area (Å²) in [6.45, 7) is 3.01. The largest absolute Gasteiger partial charge is 0.379 e. The van der Waals surface area contributed by atoms with Crippen LogP contribution in [0.3, 0.4) is 0 Å². The van der Waals surface area contributed by atoms with E-state index in [9.17, 15) is 0 Å². The Balaban J connectivity index is 1.98. The molecule has 0 aliphatic rings. The molecule has 90 valence electrons. The van der Waals surface area contributed by atoms with E-state index in [2.05, 4.69) is 34.7 Å². The van der Waals surface area contributed by atoms with E-state index in [1.165, 1.54) is 10.4 Å². The van der Waals surface area contributed by atoms with Gasteiger partial charge in [-0.15, -0.1) is 11.3 Å². The van der Waals surface area contributed by atoms with Crippen LogP contribution in [-0.2, 0) is 6.54 Å². The van der Waals surface area contributed by atoms with Gasteiger partial charge in [0, 0.05) is 25.5 Å². The van der Waals surface area contributed by atoms with Gasteiger partial charge >= 0.3 is 0 Å². The van der Waals surface area contributed by atoms with Crippen LogP contribution in [0.1, 0.15) is 10.4 Å². The number of anilines is 2. The minimum atomic E-state index is 0.868. The van der Waals surface area contributed by atoms with Crippen LogP contribution < -0.4 is 10.2 Å². The van der Waals surface area contributed by atoms with E-state index in [1.807, 2.05) is 31.3 Å². The van der Waals surface area contributed by atoms with E-state index in [4.69, 9.17) is 0 Å². The molecule has 1 N–H and O–H groups in total. The Labute approximate surface area is 106 Å². The monoisotopic (exact) mass is 247 g/mol. The first-order valence-electron chi connectivity index (χ1n) is 5.57. The Morgan fingerprint density at radius 2 is 2.12 bits per heavy atom. The topological polar surface area (TPSA) is 28.2 Å². The molecule has 0 unspecified atom stereocenters. The van der Waals surface area contributed by atoms with E-state index < -0.39 is 0 Å². The quantitative estimate of drug-likeness (QED) is 0.899. The fourth-order valence-corrected chi connectivity index (χ4v) is 2.37. The first-order valence-corrected chi connectivity index (χ1v) is 6.45. The number of aryl methyl sites for hydroxylation is 1. The van der Waals surface area contributed by atoms with Gasteiger partial charge in [0.25, 0.3) is 0 Å². The SMILES string of the molecule is Cc1ccsc1CNc1ccc(N(C)C)nc1. The molecule has 2 heterocycles. The highest BCUT2D eigenvalue weighted by atomic mass is 32.1. The van der Waals surface area contributed by atoms with Crippen LogP contribution in [0.2, 0.25) is 0 Å². The summed E-state index contributed by atoms with van der Waals surface area (Å²) < 4.78 is 0. The third-order valence-corrected chi connectivity index (χ3v) is 3.65. The van der Waals surface area contributed by atoms with Crippen LogP contribution in [0, 0.1) is 6.92 Å². The molecule has 2 aromatic heterocycles. The van der Waals surface area contributed by atoms with Crippen molar-refractivity contribution in [2.75, 3.05) is 24.3 Å². The Morgan fingerprint density at radius 3 is 2.65 bits per heavy atom. The Kier molecular flexibility index (Phi) is 3.64. The summed E-state index contributed by atoms with van der Waals surface area (Å²) >= 11 is 1.79. The van der Waals surface area contributed by atoms with Crippen molar-refractivity contribution in [2.45, 2.75) is 13.5 Å². The van der Waals surface area contributed by atoms with Crippen molar-refractivity contribution in [1.29, 1.82) is 0 Å². The van der Waals surface area contributed by atoms with E-state index in [0.29, 0.717) is 0 Å². The zero-order valence-corrected chi connectivity index (χ0v) is 11.2. The van der Waals surface area contributed by atoms with E-state index >= 15 is 0 Å². The third-order valence-electron chi connectivity index (χ3n) is 2.63. The molecule has 2 aromatic rings. The molecule has 0 atom stereocenters. The van der Waals surface area contributed by atoms with Gasteiger partial charge in [0.1, 0.15) is 5.82 Å². The van der Waals surface area contributed by atoms with Crippen LogP contribution in [0.5, 0.6) is 0 Å². The van der Waals surface area contributed by atoms with Crippen molar-refractivity contribution < 1.29 is 0 Å². The lowest BCUT2D eigenvalue weighted by Crippen LogP contribution is -2.10. The van der Waals surface area contributed by atoms with Crippen LogP contribution in [0.15, 0.2) is 29.8 Å². The highest BCUT2D eigenvalue weighted by molar-refractivity contribution is 7.10. The Hall–Kier alpha value is -1.55. The molecule has 3 nitrogen and oxygen atoms in total. The van der Waals surface area contributed by atoms with Gasteiger partial charge in [-0.2, -0.15) is 0 Å². The van der Waals surface area contributed by atoms with Gasteiger partial charge in [-0.3, -0.25) is 0 Å². The van der Waals surface area contributed by atoms with Crippen LogP contribution in [0.25, 0.3) is 0 Å². The minimum absolute atomic E-state index is 0.868. The van der Waals surface area contributed by atoms with Crippen molar-refractivity contribution >= 4 is 22.8 Å². The van der Waals surface area contributed by atoms with Gasteiger partial charge in [0.15, 0.2) is 0 Å². The summed E-state index contributed by atoms with van der Waals surface area (Å²) in [7, 11) is 3.98. The maximum Gasteiger partial charge on any atom is 0.128 e. The molecular weight excluding hydrogens is 230 g/mol. The number of thiophene rings is 1. The first kappa shape index (κ1) is 11.9. The molecule has 0 amide bonds. The molecule has 0 aliphatic carbocycles. The fourth-order valence-electron chi connectivity index (χ4n) is 1.52. The number of hydrogen-bond acceptors (Lipinski definition) is 4. The molecule has 0 aliphatic heterocycles. The molecule has 0 bridgehead atoms. The molecule has 0 radical (unpaired) electrons. The number of nitrogens with one attached hydrogen (secondary N) is 1. The molecule has 0 saturated heterocycles. The Morgan fingerprint density at radius 1 is 1.29 bits per heavy atom. The number of pyridine rings is 1. The fraction of sp³-hybridized carbons (Fsp3) is 0.308. The van der Waals surface area contributed by atoms with E-state index in [1.54, 1.807) is 11.3 Å². The molecule has 0 fully saturated rings. The average Bonchev–Trinajstić information content (AvgIpc) is 2.73. The molecule has 4 heteroatoms. The standard InChI is InChI=1S/C13H17N3S/c1-10-6-7-17-12(10)9-14-11-4-5-13(15-8-11)16(2)3/h4-8,14H,9H2,1-3H3. The van der Waals surface area contributed by atoms with Crippen molar-refractivity contribution in [3.63, 3.8) is 0 Å². The highest BCUT2D eigenvalue weighted by Crippen LogP contribution is 2.18. The van der Waals surface area contributed by atoms with Crippen LogP contribution in [-0.4, -0.2) is 19.1 Å². The van der Waals surface area contributed by atoms with E-state index in [0.717, 1.165) is 18.1 Å². The molecule has 17 heavy (non-hydrogen) atoms. The molecular formula is C13H17N3S. The maximum atomic E-state index is 4.37. The van der Waals surface area contributed by atoms with Gasteiger partial charge in [-0.05, 0) is 36.1 Å². The number of aromatic nitrogens is 1. The summed E-state index contributed by atoms with van der Waals surface area (Å²) in [6.07, 6.45) is 1.87. The number of hydrogen-bond donors (Lipinski definition) is 1. The summed E-state index contributed by atoms with van der Waals surface area (Å²) in [5.41, 5.74) is 2.41. The van der Waals surface area contributed by atoms with E-state index in [-0.39, 0.29) is 0 Å². The second kappa shape index (κ2) is 5.19. The lowest BCUT2D eigenvalue weighted by Gasteiger charge is -2.12. The summed E-state index contributed by atoms with van der Waals surface area (Å²) in [5.74, 6) is 0.975. The highest BCUT2D eigenvalue weighted by Gasteiger charge is 2.00. The van der Waals surface area contributed by atoms with Gasteiger partial charge in [0.2, 0.25) is 0 Å². The maximum absolute atomic E-state index is 4.37. The lowest BCUT2D eigenvalue weighted by molar-refractivity contribution is 1.06. The van der Waals surface area contributed by atoms with Gasteiger partial charge in [0.05, 0.1) is 11.9 Å². The van der Waals surface area contributed by atoms with Gasteiger partial charge in [-0.25, -0.2) is 4.98 Å².